The van der Waals surface area contributed by atoms with Crippen LogP contribution in [0.5, 0.6) is 0 Å². The monoisotopic (exact) mass is 252 g/mol. The summed E-state index contributed by atoms with van der Waals surface area (Å²) in [4.78, 5) is 4.47. The van der Waals surface area contributed by atoms with E-state index in [2.05, 4.69) is 4.98 Å². The van der Waals surface area contributed by atoms with Gasteiger partial charge >= 0.3 is 0 Å². The number of fused-ring (bicyclic) bond motifs is 1. The highest BCUT2D eigenvalue weighted by molar-refractivity contribution is 6.35. The van der Waals surface area contributed by atoms with Crippen LogP contribution < -0.4 is 5.73 Å². The third-order valence-corrected chi connectivity index (χ3v) is 2.92. The van der Waals surface area contributed by atoms with Crippen molar-refractivity contribution in [2.45, 2.75) is 26.2 Å². The van der Waals surface area contributed by atoms with Crippen LogP contribution in [-0.4, -0.2) is 4.98 Å². The Hall–Kier alpha value is -1.35. The fourth-order valence-electron chi connectivity index (χ4n) is 1.66. The fourth-order valence-corrected chi connectivity index (χ4v) is 1.91. The summed E-state index contributed by atoms with van der Waals surface area (Å²) in [7, 11) is 0. The van der Waals surface area contributed by atoms with Crippen LogP contribution in [0.3, 0.4) is 0 Å². The lowest BCUT2D eigenvalue weighted by Gasteiger charge is -2.19. The minimum atomic E-state index is -0.403. The lowest BCUT2D eigenvalue weighted by molar-refractivity contribution is 0.572. The lowest BCUT2D eigenvalue weighted by Crippen LogP contribution is -2.14. The summed E-state index contributed by atoms with van der Waals surface area (Å²) < 4.78 is 13.2. The van der Waals surface area contributed by atoms with Crippen molar-refractivity contribution < 1.29 is 4.39 Å². The van der Waals surface area contributed by atoms with Gasteiger partial charge in [0.15, 0.2) is 0 Å². The number of pyridine rings is 1. The molecule has 0 bridgehead atoms. The molecule has 0 aliphatic carbocycles. The van der Waals surface area contributed by atoms with E-state index in [1.807, 2.05) is 20.8 Å². The molecule has 1 aromatic heterocycles. The fraction of sp³-hybridized carbons (Fsp3) is 0.308. The van der Waals surface area contributed by atoms with E-state index in [0.717, 1.165) is 5.69 Å². The molecule has 0 saturated carbocycles. The van der Waals surface area contributed by atoms with Crippen molar-refractivity contribution in [3.63, 3.8) is 0 Å². The number of nitrogens with zero attached hydrogens (tertiary/aromatic N) is 1. The molecule has 0 amide bonds. The molecule has 2 aromatic rings. The molecule has 0 saturated heterocycles. The maximum absolute atomic E-state index is 13.2. The van der Waals surface area contributed by atoms with Gasteiger partial charge in [-0.05, 0) is 18.2 Å². The Morgan fingerprint density at radius 2 is 1.88 bits per heavy atom. The summed E-state index contributed by atoms with van der Waals surface area (Å²) in [5.74, 6) is -0.403. The van der Waals surface area contributed by atoms with Gasteiger partial charge in [0.05, 0.1) is 10.5 Å². The van der Waals surface area contributed by atoms with Crippen LogP contribution >= 0.6 is 11.6 Å². The molecule has 0 aliphatic rings. The molecule has 0 radical (unpaired) electrons. The number of benzene rings is 1. The van der Waals surface area contributed by atoms with Crippen LogP contribution in [0.15, 0.2) is 18.2 Å². The van der Waals surface area contributed by atoms with Crippen molar-refractivity contribution in [3.8, 4) is 0 Å². The normalized spacial score (nSPS) is 12.1. The van der Waals surface area contributed by atoms with Gasteiger partial charge in [0.2, 0.25) is 0 Å². The first-order valence-corrected chi connectivity index (χ1v) is 5.72. The quantitative estimate of drug-likeness (QED) is 0.772. The molecule has 0 fully saturated rings. The standard InChI is InChI=1S/C13H14ClFN2/c1-13(2,3)11-6-10(16)8-4-7(15)5-9(14)12(8)17-11/h4-6H,1-3H3,(H2,16,17). The minimum absolute atomic E-state index is 0.125. The van der Waals surface area contributed by atoms with E-state index in [4.69, 9.17) is 17.3 Å². The minimum Gasteiger partial charge on any atom is -0.398 e. The van der Waals surface area contributed by atoms with Crippen molar-refractivity contribution in [3.05, 3.63) is 34.7 Å². The molecule has 4 heteroatoms. The van der Waals surface area contributed by atoms with Gasteiger partial charge in [-0.2, -0.15) is 0 Å². The summed E-state index contributed by atoms with van der Waals surface area (Å²) in [6.45, 7) is 6.12. The van der Waals surface area contributed by atoms with Gasteiger partial charge in [-0.25, -0.2) is 4.39 Å². The van der Waals surface area contributed by atoms with Crippen LogP contribution in [0.1, 0.15) is 26.5 Å². The van der Waals surface area contributed by atoms with E-state index < -0.39 is 5.82 Å². The molecule has 0 unspecified atom stereocenters. The molecular formula is C13H14ClFN2. The number of nitrogens with two attached hydrogens (primary N) is 1. The number of rotatable bonds is 0. The first-order chi connectivity index (χ1) is 7.79. The zero-order valence-corrected chi connectivity index (χ0v) is 10.8. The van der Waals surface area contributed by atoms with E-state index in [1.165, 1.54) is 12.1 Å². The van der Waals surface area contributed by atoms with Crippen molar-refractivity contribution >= 4 is 28.2 Å². The number of aromatic nitrogens is 1. The Labute approximate surface area is 105 Å². The van der Waals surface area contributed by atoms with Crippen molar-refractivity contribution in [2.24, 2.45) is 0 Å². The summed E-state index contributed by atoms with van der Waals surface area (Å²) >= 11 is 6.00. The molecule has 1 aromatic carbocycles. The van der Waals surface area contributed by atoms with Gasteiger partial charge in [0, 0.05) is 22.2 Å². The second-order valence-corrected chi connectivity index (χ2v) is 5.54. The van der Waals surface area contributed by atoms with Gasteiger partial charge in [0.1, 0.15) is 5.82 Å². The van der Waals surface area contributed by atoms with Crippen molar-refractivity contribution in [1.82, 2.24) is 4.98 Å². The molecular weight excluding hydrogens is 239 g/mol. The van der Waals surface area contributed by atoms with E-state index in [0.29, 0.717) is 16.6 Å². The predicted octanol–water partition coefficient (Wildman–Crippen LogP) is 3.91. The number of nitrogen functional groups attached to an aromatic ring is 1. The zero-order chi connectivity index (χ0) is 12.8. The topological polar surface area (TPSA) is 38.9 Å². The third-order valence-electron chi connectivity index (χ3n) is 2.63. The maximum Gasteiger partial charge on any atom is 0.125 e. The van der Waals surface area contributed by atoms with E-state index >= 15 is 0 Å². The van der Waals surface area contributed by atoms with E-state index in [1.54, 1.807) is 6.07 Å². The maximum atomic E-state index is 13.2. The second kappa shape index (κ2) is 3.84. The molecule has 2 nitrogen and oxygen atoms in total. The van der Waals surface area contributed by atoms with Gasteiger partial charge in [0.25, 0.3) is 0 Å². The number of halogens is 2. The van der Waals surface area contributed by atoms with Gasteiger partial charge < -0.3 is 5.73 Å². The van der Waals surface area contributed by atoms with Gasteiger partial charge in [-0.1, -0.05) is 32.4 Å². The largest absolute Gasteiger partial charge is 0.398 e. The first kappa shape index (κ1) is 12.1. The van der Waals surface area contributed by atoms with E-state index in [9.17, 15) is 4.39 Å². The van der Waals surface area contributed by atoms with Crippen LogP contribution in [0.2, 0.25) is 5.02 Å². The van der Waals surface area contributed by atoms with Crippen molar-refractivity contribution in [1.29, 1.82) is 0 Å². The Balaban J connectivity index is 2.83. The molecule has 2 rings (SSSR count). The van der Waals surface area contributed by atoms with Crippen LogP contribution in [-0.2, 0) is 5.41 Å². The molecule has 90 valence electrons. The van der Waals surface area contributed by atoms with E-state index in [-0.39, 0.29) is 10.4 Å². The lowest BCUT2D eigenvalue weighted by atomic mass is 9.91. The van der Waals surface area contributed by atoms with Crippen molar-refractivity contribution in [2.75, 3.05) is 5.73 Å². The smallest absolute Gasteiger partial charge is 0.125 e. The molecule has 2 N–H and O–H groups in total. The Bertz CT molecular complexity index is 588. The zero-order valence-electron chi connectivity index (χ0n) is 10.0. The average molecular weight is 253 g/mol. The molecule has 0 aliphatic heterocycles. The average Bonchev–Trinajstić information content (AvgIpc) is 2.17. The summed E-state index contributed by atoms with van der Waals surface area (Å²) in [5, 5.41) is 0.848. The summed E-state index contributed by atoms with van der Waals surface area (Å²) in [6, 6.07) is 4.39. The highest BCUT2D eigenvalue weighted by Gasteiger charge is 2.18. The number of hydrogen-bond donors (Lipinski definition) is 1. The highest BCUT2D eigenvalue weighted by Crippen LogP contribution is 2.31. The SMILES string of the molecule is CC(C)(C)c1cc(N)c2cc(F)cc(Cl)c2n1. The third kappa shape index (κ3) is 2.20. The van der Waals surface area contributed by atoms with Crippen LogP contribution in [0, 0.1) is 5.82 Å². The first-order valence-electron chi connectivity index (χ1n) is 5.35. The highest BCUT2D eigenvalue weighted by atomic mass is 35.5. The summed E-state index contributed by atoms with van der Waals surface area (Å²) in [6.07, 6.45) is 0. The molecule has 1 heterocycles. The van der Waals surface area contributed by atoms with Gasteiger partial charge in [-0.15, -0.1) is 0 Å². The number of anilines is 1. The van der Waals surface area contributed by atoms with Crippen LogP contribution in [0.4, 0.5) is 10.1 Å². The second-order valence-electron chi connectivity index (χ2n) is 5.13. The Morgan fingerprint density at radius 1 is 1.24 bits per heavy atom. The molecule has 0 spiro atoms. The van der Waals surface area contributed by atoms with Crippen LogP contribution in [0.25, 0.3) is 10.9 Å². The Kier molecular flexibility index (Phi) is 2.74. The Morgan fingerprint density at radius 3 is 2.47 bits per heavy atom. The predicted molar refractivity (Wildman–Crippen MR) is 69.8 cm³/mol. The number of hydrogen-bond acceptors (Lipinski definition) is 2. The summed E-state index contributed by atoms with van der Waals surface area (Å²) in [5.41, 5.74) is 7.70. The molecule has 17 heavy (non-hydrogen) atoms. The van der Waals surface area contributed by atoms with Gasteiger partial charge in [-0.3, -0.25) is 4.98 Å². The molecule has 0 atom stereocenters.